The molecule has 0 saturated carbocycles. The molecule has 0 saturated heterocycles. The minimum absolute atomic E-state index is 0.0425. The van der Waals surface area contributed by atoms with E-state index in [9.17, 15) is 4.79 Å². The molecule has 1 heterocycles. The lowest BCUT2D eigenvalue weighted by Crippen LogP contribution is -2.25. The van der Waals surface area contributed by atoms with Gasteiger partial charge in [-0.15, -0.1) is 0 Å². The van der Waals surface area contributed by atoms with Crippen LogP contribution in [-0.2, 0) is 4.79 Å². The zero-order valence-electron chi connectivity index (χ0n) is 7.91. The summed E-state index contributed by atoms with van der Waals surface area (Å²) in [7, 11) is 0. The lowest BCUT2D eigenvalue weighted by molar-refractivity contribution is -0.118. The van der Waals surface area contributed by atoms with Gasteiger partial charge < -0.3 is 15.8 Å². The second kappa shape index (κ2) is 3.31. The van der Waals surface area contributed by atoms with Crippen molar-refractivity contribution in [1.29, 1.82) is 0 Å². The number of hydrogen-bond donors (Lipinski definition) is 2. The Bertz CT molecular complexity index is 374. The number of carbonyl (C=O) groups is 1. The summed E-state index contributed by atoms with van der Waals surface area (Å²) in [5.74, 6) is 0.577. The third-order valence-electron chi connectivity index (χ3n) is 2.16. The Hall–Kier alpha value is -1.55. The fourth-order valence-corrected chi connectivity index (χ4v) is 1.38. The normalized spacial score (nSPS) is 16.6. The molecule has 1 aliphatic heterocycles. The number of nitrogens with one attached hydrogen (secondary N) is 1. The van der Waals surface area contributed by atoms with Gasteiger partial charge in [0.25, 0.3) is 5.91 Å². The molecule has 2 rings (SSSR count). The van der Waals surface area contributed by atoms with E-state index in [4.69, 9.17) is 10.5 Å². The highest BCUT2D eigenvalue weighted by atomic mass is 16.5. The van der Waals surface area contributed by atoms with E-state index >= 15 is 0 Å². The van der Waals surface area contributed by atoms with Gasteiger partial charge in [0, 0.05) is 6.04 Å². The summed E-state index contributed by atoms with van der Waals surface area (Å²) >= 11 is 0. The van der Waals surface area contributed by atoms with Crippen LogP contribution in [0.1, 0.15) is 18.5 Å². The zero-order valence-corrected chi connectivity index (χ0v) is 7.91. The van der Waals surface area contributed by atoms with Gasteiger partial charge in [-0.2, -0.15) is 0 Å². The zero-order chi connectivity index (χ0) is 10.1. The van der Waals surface area contributed by atoms with Crippen molar-refractivity contribution >= 4 is 11.6 Å². The number of hydrogen-bond acceptors (Lipinski definition) is 3. The number of amides is 1. The maximum Gasteiger partial charge on any atom is 0.262 e. The number of ether oxygens (including phenoxy) is 1. The Morgan fingerprint density at radius 3 is 3.07 bits per heavy atom. The molecule has 4 nitrogen and oxygen atoms in total. The van der Waals surface area contributed by atoms with Gasteiger partial charge in [-0.3, -0.25) is 4.79 Å². The largest absolute Gasteiger partial charge is 0.482 e. The summed E-state index contributed by atoms with van der Waals surface area (Å²) in [6, 6.07) is 5.53. The SMILES string of the molecule is CC(N)c1ccc2c(c1)NC(=O)CO2. The molecule has 1 aromatic rings. The lowest BCUT2D eigenvalue weighted by Gasteiger charge is -2.19. The minimum Gasteiger partial charge on any atom is -0.482 e. The van der Waals surface area contributed by atoms with E-state index in [0.29, 0.717) is 11.4 Å². The number of fused-ring (bicyclic) bond motifs is 1. The molecule has 0 radical (unpaired) electrons. The quantitative estimate of drug-likeness (QED) is 0.698. The Labute approximate surface area is 82.1 Å². The Morgan fingerprint density at radius 2 is 2.36 bits per heavy atom. The highest BCUT2D eigenvalue weighted by molar-refractivity contribution is 5.95. The lowest BCUT2D eigenvalue weighted by atomic mass is 10.1. The van der Waals surface area contributed by atoms with E-state index in [1.165, 1.54) is 0 Å². The van der Waals surface area contributed by atoms with E-state index in [1.54, 1.807) is 0 Å². The first-order valence-corrected chi connectivity index (χ1v) is 4.49. The molecule has 0 bridgehead atoms. The molecule has 74 valence electrons. The third kappa shape index (κ3) is 1.56. The van der Waals surface area contributed by atoms with Crippen molar-refractivity contribution in [2.75, 3.05) is 11.9 Å². The van der Waals surface area contributed by atoms with Crippen LogP contribution >= 0.6 is 0 Å². The van der Waals surface area contributed by atoms with Crippen molar-refractivity contribution in [3.05, 3.63) is 23.8 Å². The van der Waals surface area contributed by atoms with Crippen LogP contribution in [0.25, 0.3) is 0 Å². The summed E-state index contributed by atoms with van der Waals surface area (Å²) in [4.78, 5) is 11.0. The smallest absolute Gasteiger partial charge is 0.262 e. The number of anilines is 1. The maximum absolute atomic E-state index is 11.0. The third-order valence-corrected chi connectivity index (χ3v) is 2.16. The topological polar surface area (TPSA) is 64.3 Å². The van der Waals surface area contributed by atoms with Gasteiger partial charge in [0.15, 0.2) is 6.61 Å². The van der Waals surface area contributed by atoms with Gasteiger partial charge in [0.1, 0.15) is 5.75 Å². The molecule has 0 fully saturated rings. The highest BCUT2D eigenvalue weighted by Crippen LogP contribution is 2.29. The van der Waals surface area contributed by atoms with Crippen LogP contribution in [0, 0.1) is 0 Å². The second-order valence-electron chi connectivity index (χ2n) is 3.38. The first kappa shape index (κ1) is 9.02. The molecular weight excluding hydrogens is 180 g/mol. The van der Waals surface area contributed by atoms with Gasteiger partial charge in [-0.25, -0.2) is 0 Å². The number of carbonyl (C=O) groups excluding carboxylic acids is 1. The summed E-state index contributed by atoms with van der Waals surface area (Å²) in [6.45, 7) is 1.98. The fraction of sp³-hybridized carbons (Fsp3) is 0.300. The van der Waals surface area contributed by atoms with Crippen LogP contribution in [-0.4, -0.2) is 12.5 Å². The standard InChI is InChI=1S/C10H12N2O2/c1-6(11)7-2-3-9-8(4-7)12-10(13)5-14-9/h2-4,6H,5,11H2,1H3,(H,12,13). The van der Waals surface area contributed by atoms with E-state index in [0.717, 1.165) is 5.56 Å². The first-order valence-electron chi connectivity index (χ1n) is 4.49. The van der Waals surface area contributed by atoms with Crippen molar-refractivity contribution in [1.82, 2.24) is 0 Å². The molecule has 1 aliphatic rings. The molecule has 1 atom stereocenters. The molecule has 1 amide bonds. The number of benzene rings is 1. The van der Waals surface area contributed by atoms with Crippen LogP contribution in [0.2, 0.25) is 0 Å². The monoisotopic (exact) mass is 192 g/mol. The van der Waals surface area contributed by atoms with Crippen molar-refractivity contribution in [2.24, 2.45) is 5.73 Å². The molecule has 1 aromatic carbocycles. The predicted octanol–water partition coefficient (Wildman–Crippen LogP) is 1.04. The highest BCUT2D eigenvalue weighted by Gasteiger charge is 2.16. The summed E-state index contributed by atoms with van der Waals surface area (Å²) in [5.41, 5.74) is 7.41. The average molecular weight is 192 g/mol. The van der Waals surface area contributed by atoms with Crippen molar-refractivity contribution in [2.45, 2.75) is 13.0 Å². The average Bonchev–Trinajstić information content (AvgIpc) is 2.16. The molecule has 4 heteroatoms. The molecule has 3 N–H and O–H groups in total. The molecule has 0 aromatic heterocycles. The Balaban J connectivity index is 2.37. The van der Waals surface area contributed by atoms with Crippen LogP contribution in [0.4, 0.5) is 5.69 Å². The first-order chi connectivity index (χ1) is 6.66. The van der Waals surface area contributed by atoms with Gasteiger partial charge in [-0.1, -0.05) is 6.07 Å². The summed E-state index contributed by atoms with van der Waals surface area (Å²) in [5, 5.41) is 2.74. The molecule has 14 heavy (non-hydrogen) atoms. The number of nitrogens with two attached hydrogens (primary N) is 1. The van der Waals surface area contributed by atoms with Gasteiger partial charge in [0.2, 0.25) is 0 Å². The number of rotatable bonds is 1. The van der Waals surface area contributed by atoms with E-state index in [1.807, 2.05) is 25.1 Å². The van der Waals surface area contributed by atoms with Crippen molar-refractivity contribution in [3.63, 3.8) is 0 Å². The van der Waals surface area contributed by atoms with E-state index < -0.39 is 0 Å². The van der Waals surface area contributed by atoms with Crippen molar-refractivity contribution in [3.8, 4) is 5.75 Å². The van der Waals surface area contributed by atoms with Crippen molar-refractivity contribution < 1.29 is 9.53 Å². The van der Waals surface area contributed by atoms with Crippen LogP contribution < -0.4 is 15.8 Å². The summed E-state index contributed by atoms with van der Waals surface area (Å²) in [6.07, 6.45) is 0. The summed E-state index contributed by atoms with van der Waals surface area (Å²) < 4.78 is 5.22. The Morgan fingerprint density at radius 1 is 1.57 bits per heavy atom. The second-order valence-corrected chi connectivity index (χ2v) is 3.38. The van der Waals surface area contributed by atoms with Gasteiger partial charge >= 0.3 is 0 Å². The van der Waals surface area contributed by atoms with Gasteiger partial charge in [0.05, 0.1) is 5.69 Å². The van der Waals surface area contributed by atoms with Crippen LogP contribution in [0.3, 0.4) is 0 Å². The molecule has 0 spiro atoms. The van der Waals surface area contributed by atoms with E-state index in [-0.39, 0.29) is 18.6 Å². The molecular formula is C10H12N2O2. The molecule has 0 aliphatic carbocycles. The van der Waals surface area contributed by atoms with Crippen LogP contribution in [0.5, 0.6) is 5.75 Å². The molecule has 1 unspecified atom stereocenters. The maximum atomic E-state index is 11.0. The predicted molar refractivity (Wildman–Crippen MR) is 53.2 cm³/mol. The van der Waals surface area contributed by atoms with Gasteiger partial charge in [-0.05, 0) is 24.6 Å². The minimum atomic E-state index is -0.126. The Kier molecular flexibility index (Phi) is 2.13. The fourth-order valence-electron chi connectivity index (χ4n) is 1.38. The van der Waals surface area contributed by atoms with Crippen LogP contribution in [0.15, 0.2) is 18.2 Å². The van der Waals surface area contributed by atoms with E-state index in [2.05, 4.69) is 5.32 Å².